The van der Waals surface area contributed by atoms with E-state index in [1.165, 1.54) is 0 Å². The molecule has 1 aromatic rings. The summed E-state index contributed by atoms with van der Waals surface area (Å²) in [7, 11) is 0. The zero-order valence-corrected chi connectivity index (χ0v) is 10.2. The number of thioether (sulfide) groups is 1. The first-order valence-corrected chi connectivity index (χ1v) is 6.19. The molecule has 0 amide bonds. The fraction of sp³-hybridized carbons (Fsp3) is 0.444. The number of hydrogen-bond donors (Lipinski definition) is 1. The number of hydrogen-bond acceptors (Lipinski definition) is 3. The van der Waals surface area contributed by atoms with Gasteiger partial charge in [0.2, 0.25) is 0 Å². The van der Waals surface area contributed by atoms with Crippen molar-refractivity contribution in [2.75, 3.05) is 18.1 Å². The standard InChI is InChI=1S/C9H13BrN2S/c1-7(13-2)6-12-9-8(10)4-3-5-11-9/h3-5,7H,6H2,1-2H3,(H,11,12). The average Bonchev–Trinajstić information content (AvgIpc) is 2.16. The fourth-order valence-electron chi connectivity index (χ4n) is 0.840. The van der Waals surface area contributed by atoms with Gasteiger partial charge in [0.05, 0.1) is 4.47 Å². The van der Waals surface area contributed by atoms with E-state index in [2.05, 4.69) is 39.4 Å². The minimum atomic E-state index is 0.605. The Kier molecular flexibility index (Phi) is 4.59. The van der Waals surface area contributed by atoms with E-state index in [1.807, 2.05) is 23.9 Å². The van der Waals surface area contributed by atoms with E-state index in [4.69, 9.17) is 0 Å². The molecule has 1 N–H and O–H groups in total. The van der Waals surface area contributed by atoms with Crippen molar-refractivity contribution in [3.8, 4) is 0 Å². The van der Waals surface area contributed by atoms with E-state index in [-0.39, 0.29) is 0 Å². The van der Waals surface area contributed by atoms with Crippen LogP contribution in [-0.4, -0.2) is 23.0 Å². The molecular weight excluding hydrogens is 248 g/mol. The van der Waals surface area contributed by atoms with Gasteiger partial charge in [-0.2, -0.15) is 11.8 Å². The molecule has 0 saturated carbocycles. The van der Waals surface area contributed by atoms with Gasteiger partial charge in [-0.15, -0.1) is 0 Å². The summed E-state index contributed by atoms with van der Waals surface area (Å²) in [6.45, 7) is 3.13. The lowest BCUT2D eigenvalue weighted by atomic mass is 10.4. The zero-order chi connectivity index (χ0) is 9.68. The molecule has 0 spiro atoms. The van der Waals surface area contributed by atoms with Crippen LogP contribution in [0.2, 0.25) is 0 Å². The molecule has 1 heterocycles. The van der Waals surface area contributed by atoms with Crippen LogP contribution in [0.25, 0.3) is 0 Å². The van der Waals surface area contributed by atoms with Crippen LogP contribution in [0.4, 0.5) is 5.82 Å². The van der Waals surface area contributed by atoms with Crippen LogP contribution in [-0.2, 0) is 0 Å². The molecule has 4 heteroatoms. The number of rotatable bonds is 4. The predicted molar refractivity (Wildman–Crippen MR) is 63.4 cm³/mol. The highest BCUT2D eigenvalue weighted by molar-refractivity contribution is 9.10. The molecule has 0 aliphatic heterocycles. The highest BCUT2D eigenvalue weighted by Gasteiger charge is 2.01. The van der Waals surface area contributed by atoms with E-state index in [9.17, 15) is 0 Å². The van der Waals surface area contributed by atoms with Crippen molar-refractivity contribution in [3.05, 3.63) is 22.8 Å². The topological polar surface area (TPSA) is 24.9 Å². The van der Waals surface area contributed by atoms with Crippen LogP contribution in [0, 0.1) is 0 Å². The first-order valence-electron chi connectivity index (χ1n) is 4.11. The summed E-state index contributed by atoms with van der Waals surface area (Å²) < 4.78 is 1.02. The summed E-state index contributed by atoms with van der Waals surface area (Å²) in [5.41, 5.74) is 0. The van der Waals surface area contributed by atoms with Gasteiger partial charge in [0.15, 0.2) is 0 Å². The van der Waals surface area contributed by atoms with Gasteiger partial charge < -0.3 is 5.32 Å². The molecule has 0 fully saturated rings. The third kappa shape index (κ3) is 3.56. The monoisotopic (exact) mass is 260 g/mol. The van der Waals surface area contributed by atoms with Gasteiger partial charge in [0.1, 0.15) is 5.82 Å². The second-order valence-corrected chi connectivity index (χ2v) is 4.89. The Bertz CT molecular complexity index is 268. The highest BCUT2D eigenvalue weighted by atomic mass is 79.9. The van der Waals surface area contributed by atoms with Crippen LogP contribution in [0.5, 0.6) is 0 Å². The summed E-state index contributed by atoms with van der Waals surface area (Å²) >= 11 is 5.28. The lowest BCUT2D eigenvalue weighted by molar-refractivity contribution is 0.990. The van der Waals surface area contributed by atoms with Gasteiger partial charge in [-0.25, -0.2) is 4.98 Å². The smallest absolute Gasteiger partial charge is 0.140 e. The Morgan fingerprint density at radius 2 is 2.46 bits per heavy atom. The first kappa shape index (κ1) is 10.9. The number of nitrogens with zero attached hydrogens (tertiary/aromatic N) is 1. The Morgan fingerprint density at radius 3 is 3.08 bits per heavy atom. The molecule has 1 aromatic heterocycles. The second kappa shape index (κ2) is 5.50. The molecule has 0 radical (unpaired) electrons. The minimum absolute atomic E-state index is 0.605. The van der Waals surface area contributed by atoms with Gasteiger partial charge >= 0.3 is 0 Å². The molecule has 2 nitrogen and oxygen atoms in total. The van der Waals surface area contributed by atoms with Crippen molar-refractivity contribution in [1.29, 1.82) is 0 Å². The van der Waals surface area contributed by atoms with Crippen LogP contribution >= 0.6 is 27.7 Å². The van der Waals surface area contributed by atoms with E-state index in [0.29, 0.717) is 5.25 Å². The fourth-order valence-corrected chi connectivity index (χ4v) is 1.48. The van der Waals surface area contributed by atoms with Gasteiger partial charge in [0, 0.05) is 18.0 Å². The van der Waals surface area contributed by atoms with Crippen molar-refractivity contribution < 1.29 is 0 Å². The quantitative estimate of drug-likeness (QED) is 0.901. The normalized spacial score (nSPS) is 12.5. The van der Waals surface area contributed by atoms with Crippen LogP contribution in [0.1, 0.15) is 6.92 Å². The Hall–Kier alpha value is -0.220. The van der Waals surface area contributed by atoms with Crippen LogP contribution in [0.15, 0.2) is 22.8 Å². The third-order valence-electron chi connectivity index (χ3n) is 1.72. The summed E-state index contributed by atoms with van der Waals surface area (Å²) in [5, 5.41) is 3.89. The number of aromatic nitrogens is 1. The Balaban J connectivity index is 2.50. The molecule has 0 aliphatic carbocycles. The van der Waals surface area contributed by atoms with Gasteiger partial charge in [-0.3, -0.25) is 0 Å². The van der Waals surface area contributed by atoms with Gasteiger partial charge in [-0.05, 0) is 34.3 Å². The summed E-state index contributed by atoms with van der Waals surface area (Å²) in [6.07, 6.45) is 3.90. The molecule has 1 unspecified atom stereocenters. The van der Waals surface area contributed by atoms with Gasteiger partial charge in [0.25, 0.3) is 0 Å². The van der Waals surface area contributed by atoms with Crippen molar-refractivity contribution in [3.63, 3.8) is 0 Å². The number of nitrogens with one attached hydrogen (secondary N) is 1. The zero-order valence-electron chi connectivity index (χ0n) is 7.75. The number of pyridine rings is 1. The van der Waals surface area contributed by atoms with E-state index in [1.54, 1.807) is 6.20 Å². The van der Waals surface area contributed by atoms with Crippen molar-refractivity contribution in [1.82, 2.24) is 4.98 Å². The SMILES string of the molecule is CSC(C)CNc1ncccc1Br. The molecule has 1 atom stereocenters. The van der Waals surface area contributed by atoms with E-state index < -0.39 is 0 Å². The molecule has 0 aliphatic rings. The molecule has 0 bridgehead atoms. The predicted octanol–water partition coefficient (Wildman–Crippen LogP) is 3.01. The van der Waals surface area contributed by atoms with Crippen LogP contribution < -0.4 is 5.32 Å². The molecule has 0 saturated heterocycles. The molecule has 1 rings (SSSR count). The molecule has 0 aromatic carbocycles. The second-order valence-electron chi connectivity index (χ2n) is 2.76. The summed E-state index contributed by atoms with van der Waals surface area (Å²) in [4.78, 5) is 4.22. The number of anilines is 1. The van der Waals surface area contributed by atoms with Crippen molar-refractivity contribution in [2.24, 2.45) is 0 Å². The minimum Gasteiger partial charge on any atom is -0.368 e. The lowest BCUT2D eigenvalue weighted by Crippen LogP contribution is -2.13. The third-order valence-corrected chi connectivity index (χ3v) is 3.33. The molecule has 72 valence electrons. The van der Waals surface area contributed by atoms with Crippen LogP contribution in [0.3, 0.4) is 0 Å². The summed E-state index contributed by atoms with van der Waals surface area (Å²) in [5.74, 6) is 0.920. The molecular formula is C9H13BrN2S. The number of halogens is 1. The van der Waals surface area contributed by atoms with E-state index >= 15 is 0 Å². The maximum Gasteiger partial charge on any atom is 0.140 e. The first-order chi connectivity index (χ1) is 6.24. The Morgan fingerprint density at radius 1 is 1.69 bits per heavy atom. The largest absolute Gasteiger partial charge is 0.368 e. The van der Waals surface area contributed by atoms with Crippen molar-refractivity contribution >= 4 is 33.5 Å². The maximum absolute atomic E-state index is 4.22. The van der Waals surface area contributed by atoms with Gasteiger partial charge in [-0.1, -0.05) is 6.92 Å². The van der Waals surface area contributed by atoms with Crippen molar-refractivity contribution in [2.45, 2.75) is 12.2 Å². The summed E-state index contributed by atoms with van der Waals surface area (Å²) in [6, 6.07) is 3.90. The Labute approximate surface area is 91.7 Å². The molecule has 13 heavy (non-hydrogen) atoms. The highest BCUT2D eigenvalue weighted by Crippen LogP contribution is 2.18. The average molecular weight is 261 g/mol. The lowest BCUT2D eigenvalue weighted by Gasteiger charge is -2.10. The maximum atomic E-state index is 4.22. The van der Waals surface area contributed by atoms with E-state index in [0.717, 1.165) is 16.8 Å².